The number of nitrogens with one attached hydrogen (secondary N) is 1. The number of para-hydroxylation sites is 1. The second kappa shape index (κ2) is 6.00. The van der Waals surface area contributed by atoms with E-state index in [4.69, 9.17) is 4.74 Å². The predicted molar refractivity (Wildman–Crippen MR) is 96.5 cm³/mol. The molecular formula is C18H17N3O3S. The maximum atomic E-state index is 12.7. The van der Waals surface area contributed by atoms with Crippen LogP contribution in [0.15, 0.2) is 35.4 Å². The van der Waals surface area contributed by atoms with E-state index in [2.05, 4.69) is 10.3 Å². The van der Waals surface area contributed by atoms with Crippen molar-refractivity contribution in [1.29, 1.82) is 0 Å². The van der Waals surface area contributed by atoms with Crippen molar-refractivity contribution in [2.24, 2.45) is 7.05 Å². The molecule has 25 heavy (non-hydrogen) atoms. The van der Waals surface area contributed by atoms with Crippen LogP contribution in [0, 0.1) is 6.92 Å². The molecule has 1 atom stereocenters. The Hall–Kier alpha value is -2.67. The molecule has 0 aliphatic carbocycles. The highest BCUT2D eigenvalue weighted by molar-refractivity contribution is 7.20. The highest BCUT2D eigenvalue weighted by atomic mass is 32.1. The summed E-state index contributed by atoms with van der Waals surface area (Å²) in [5, 5.41) is 3.54. The summed E-state index contributed by atoms with van der Waals surface area (Å²) in [5.41, 5.74) is 1.64. The number of nitrogens with zero attached hydrogens (tertiary/aromatic N) is 2. The summed E-state index contributed by atoms with van der Waals surface area (Å²) in [6.45, 7) is 2.23. The van der Waals surface area contributed by atoms with Gasteiger partial charge in [-0.25, -0.2) is 4.98 Å². The van der Waals surface area contributed by atoms with Gasteiger partial charge in [0.1, 0.15) is 17.2 Å². The van der Waals surface area contributed by atoms with Gasteiger partial charge < -0.3 is 14.6 Å². The van der Waals surface area contributed by atoms with Gasteiger partial charge in [-0.05, 0) is 30.5 Å². The minimum atomic E-state index is -0.185. The molecule has 3 aromatic rings. The van der Waals surface area contributed by atoms with Crippen molar-refractivity contribution in [1.82, 2.24) is 14.9 Å². The predicted octanol–water partition coefficient (Wildman–Crippen LogP) is 2.04. The summed E-state index contributed by atoms with van der Waals surface area (Å²) < 4.78 is 7.15. The number of benzene rings is 1. The molecular weight excluding hydrogens is 338 g/mol. The summed E-state index contributed by atoms with van der Waals surface area (Å²) in [5.74, 6) is 0.689. The van der Waals surface area contributed by atoms with Crippen LogP contribution in [0.5, 0.6) is 5.75 Å². The van der Waals surface area contributed by atoms with Crippen molar-refractivity contribution in [3.05, 3.63) is 57.0 Å². The third-order valence-electron chi connectivity index (χ3n) is 4.43. The van der Waals surface area contributed by atoms with Crippen LogP contribution in [0.2, 0.25) is 0 Å². The van der Waals surface area contributed by atoms with Crippen molar-refractivity contribution in [2.45, 2.75) is 19.4 Å². The van der Waals surface area contributed by atoms with Crippen LogP contribution in [0.1, 0.15) is 20.8 Å². The number of aryl methyl sites for hydroxylation is 2. The van der Waals surface area contributed by atoms with Crippen LogP contribution in [-0.2, 0) is 13.5 Å². The Balaban J connectivity index is 1.60. The third kappa shape index (κ3) is 2.70. The maximum absolute atomic E-state index is 12.7. The first kappa shape index (κ1) is 15.8. The van der Waals surface area contributed by atoms with Crippen LogP contribution in [0.3, 0.4) is 0 Å². The maximum Gasteiger partial charge on any atom is 0.262 e. The van der Waals surface area contributed by atoms with Gasteiger partial charge in [0, 0.05) is 7.05 Å². The first-order valence-electron chi connectivity index (χ1n) is 8.01. The SMILES string of the molecule is Cc1c(C(=O)N[C@H]2COc3ccccc3C2)sc2ncn(C)c(=O)c12. The summed E-state index contributed by atoms with van der Waals surface area (Å²) in [4.78, 5) is 30.4. The topological polar surface area (TPSA) is 73.2 Å². The molecule has 128 valence electrons. The van der Waals surface area contributed by atoms with E-state index in [0.717, 1.165) is 17.7 Å². The fourth-order valence-electron chi connectivity index (χ4n) is 3.10. The smallest absolute Gasteiger partial charge is 0.262 e. The molecule has 0 saturated heterocycles. The van der Waals surface area contributed by atoms with Gasteiger partial charge >= 0.3 is 0 Å². The molecule has 0 saturated carbocycles. The first-order chi connectivity index (χ1) is 12.0. The van der Waals surface area contributed by atoms with Gasteiger partial charge in [0.05, 0.1) is 22.6 Å². The van der Waals surface area contributed by atoms with Crippen LogP contribution in [0.25, 0.3) is 10.2 Å². The number of carbonyl (C=O) groups excluding carboxylic acids is 1. The normalized spacial score (nSPS) is 16.3. The van der Waals surface area contributed by atoms with E-state index >= 15 is 0 Å². The lowest BCUT2D eigenvalue weighted by Gasteiger charge is -2.25. The summed E-state index contributed by atoms with van der Waals surface area (Å²) >= 11 is 1.25. The number of hydrogen-bond donors (Lipinski definition) is 1. The van der Waals surface area contributed by atoms with Gasteiger partial charge in [0.2, 0.25) is 0 Å². The van der Waals surface area contributed by atoms with E-state index in [0.29, 0.717) is 27.3 Å². The Labute approximate surface area is 148 Å². The van der Waals surface area contributed by atoms with E-state index < -0.39 is 0 Å². The molecule has 6 nitrogen and oxygen atoms in total. The second-order valence-electron chi connectivity index (χ2n) is 6.19. The van der Waals surface area contributed by atoms with Crippen LogP contribution < -0.4 is 15.6 Å². The number of ether oxygens (including phenoxy) is 1. The van der Waals surface area contributed by atoms with Crippen LogP contribution in [-0.4, -0.2) is 28.1 Å². The summed E-state index contributed by atoms with van der Waals surface area (Å²) in [7, 11) is 1.66. The Morgan fingerprint density at radius 1 is 1.40 bits per heavy atom. The molecule has 0 bridgehead atoms. The molecule has 0 spiro atoms. The fourth-order valence-corrected chi connectivity index (χ4v) is 4.14. The number of amides is 1. The standard InChI is InChI=1S/C18H17N3O3S/c1-10-14-17(19-9-21(2)18(14)23)25-15(10)16(22)20-12-7-11-5-3-4-6-13(11)24-8-12/h3-6,9,12H,7-8H2,1-2H3,(H,20,22)/t12-/m1/s1. The minimum absolute atomic E-state index is 0.0946. The summed E-state index contributed by atoms with van der Waals surface area (Å²) in [6, 6.07) is 7.75. The van der Waals surface area contributed by atoms with E-state index in [1.165, 1.54) is 22.2 Å². The number of aromatic nitrogens is 2. The van der Waals surface area contributed by atoms with Crippen molar-refractivity contribution in [3.8, 4) is 5.75 Å². The van der Waals surface area contributed by atoms with Crippen LogP contribution >= 0.6 is 11.3 Å². The molecule has 3 heterocycles. The molecule has 0 fully saturated rings. The zero-order valence-electron chi connectivity index (χ0n) is 13.9. The summed E-state index contributed by atoms with van der Waals surface area (Å²) in [6.07, 6.45) is 2.21. The number of hydrogen-bond acceptors (Lipinski definition) is 5. The lowest BCUT2D eigenvalue weighted by Crippen LogP contribution is -2.42. The molecule has 0 radical (unpaired) electrons. The van der Waals surface area contributed by atoms with Crippen LogP contribution in [0.4, 0.5) is 0 Å². The molecule has 1 aliphatic heterocycles. The average molecular weight is 355 g/mol. The van der Waals surface area contributed by atoms with E-state index in [9.17, 15) is 9.59 Å². The zero-order chi connectivity index (χ0) is 17.6. The van der Waals surface area contributed by atoms with E-state index in [1.807, 2.05) is 24.3 Å². The Kier molecular flexibility index (Phi) is 3.80. The van der Waals surface area contributed by atoms with Gasteiger partial charge in [-0.15, -0.1) is 11.3 Å². The molecule has 0 unspecified atom stereocenters. The lowest BCUT2D eigenvalue weighted by molar-refractivity contribution is 0.0919. The fraction of sp³-hybridized carbons (Fsp3) is 0.278. The Morgan fingerprint density at radius 3 is 3.04 bits per heavy atom. The number of fused-ring (bicyclic) bond motifs is 2. The average Bonchev–Trinajstić information content (AvgIpc) is 2.95. The van der Waals surface area contributed by atoms with Crippen molar-refractivity contribution >= 4 is 27.5 Å². The third-order valence-corrected chi connectivity index (χ3v) is 5.63. The molecule has 7 heteroatoms. The van der Waals surface area contributed by atoms with Gasteiger partial charge in [-0.3, -0.25) is 9.59 Å². The molecule has 1 aliphatic rings. The Bertz CT molecular complexity index is 1040. The number of carbonyl (C=O) groups is 1. The van der Waals surface area contributed by atoms with Gasteiger partial charge in [-0.1, -0.05) is 18.2 Å². The van der Waals surface area contributed by atoms with E-state index in [-0.39, 0.29) is 17.5 Å². The zero-order valence-corrected chi connectivity index (χ0v) is 14.7. The van der Waals surface area contributed by atoms with Crippen molar-refractivity contribution in [2.75, 3.05) is 6.61 Å². The quantitative estimate of drug-likeness (QED) is 0.763. The lowest BCUT2D eigenvalue weighted by atomic mass is 10.0. The molecule has 1 N–H and O–H groups in total. The minimum Gasteiger partial charge on any atom is -0.491 e. The van der Waals surface area contributed by atoms with E-state index in [1.54, 1.807) is 14.0 Å². The van der Waals surface area contributed by atoms with Gasteiger partial charge in [-0.2, -0.15) is 0 Å². The van der Waals surface area contributed by atoms with Crippen molar-refractivity contribution < 1.29 is 9.53 Å². The number of rotatable bonds is 2. The molecule has 1 aromatic carbocycles. The highest BCUT2D eigenvalue weighted by Gasteiger charge is 2.24. The molecule has 2 aromatic heterocycles. The highest BCUT2D eigenvalue weighted by Crippen LogP contribution is 2.28. The Morgan fingerprint density at radius 2 is 2.20 bits per heavy atom. The molecule has 1 amide bonds. The number of thiophene rings is 1. The van der Waals surface area contributed by atoms with Crippen molar-refractivity contribution in [3.63, 3.8) is 0 Å². The molecule has 4 rings (SSSR count). The van der Waals surface area contributed by atoms with Gasteiger partial charge in [0.25, 0.3) is 11.5 Å². The first-order valence-corrected chi connectivity index (χ1v) is 8.82. The monoisotopic (exact) mass is 355 g/mol. The van der Waals surface area contributed by atoms with Gasteiger partial charge in [0.15, 0.2) is 0 Å². The largest absolute Gasteiger partial charge is 0.491 e. The second-order valence-corrected chi connectivity index (χ2v) is 7.19.